The van der Waals surface area contributed by atoms with Crippen LogP contribution >= 0.6 is 0 Å². The van der Waals surface area contributed by atoms with Gasteiger partial charge in [0.15, 0.2) is 0 Å². The maximum absolute atomic E-state index is 11.8. The maximum Gasteiger partial charge on any atom is 0.522 e. The normalized spacial score (nSPS) is 22.9. The van der Waals surface area contributed by atoms with Crippen LogP contribution in [0.1, 0.15) is 19.8 Å². The summed E-state index contributed by atoms with van der Waals surface area (Å²) in [6.45, 7) is 5.79. The van der Waals surface area contributed by atoms with Gasteiger partial charge in [-0.1, -0.05) is 6.92 Å². The number of likely N-dealkylation sites (tertiary alicyclic amines) is 1. The molecular formula is C11H21F3N2O. The Kier molecular flexibility index (Phi) is 6.22. The molecule has 3 nitrogen and oxygen atoms in total. The molecule has 1 fully saturated rings. The van der Waals surface area contributed by atoms with Crippen LogP contribution in [0.15, 0.2) is 0 Å². The molecule has 0 saturated carbocycles. The lowest BCUT2D eigenvalue weighted by Gasteiger charge is -2.32. The molecule has 1 N–H and O–H groups in total. The standard InChI is InChI=1S/C11H21F3N2O/c1-2-15-8-10-4-3-5-16(9-10)6-7-17-11(12,13)14/h10,15H,2-9H2,1H3. The van der Waals surface area contributed by atoms with Crippen LogP contribution in [0.4, 0.5) is 13.2 Å². The van der Waals surface area contributed by atoms with E-state index in [1.54, 1.807) is 0 Å². The third kappa shape index (κ3) is 6.85. The van der Waals surface area contributed by atoms with E-state index < -0.39 is 6.36 Å². The first-order chi connectivity index (χ1) is 8.01. The average Bonchev–Trinajstić information content (AvgIpc) is 2.25. The van der Waals surface area contributed by atoms with Gasteiger partial charge in [-0.25, -0.2) is 0 Å². The van der Waals surface area contributed by atoms with Gasteiger partial charge in [0.05, 0.1) is 6.61 Å². The summed E-state index contributed by atoms with van der Waals surface area (Å²) in [4.78, 5) is 2.05. The van der Waals surface area contributed by atoms with Gasteiger partial charge < -0.3 is 10.2 Å². The highest BCUT2D eigenvalue weighted by Gasteiger charge is 2.29. The molecule has 0 aliphatic carbocycles. The van der Waals surface area contributed by atoms with Crippen molar-refractivity contribution in [3.63, 3.8) is 0 Å². The Morgan fingerprint density at radius 1 is 1.41 bits per heavy atom. The quantitative estimate of drug-likeness (QED) is 0.783. The lowest BCUT2D eigenvalue weighted by Crippen LogP contribution is -2.41. The fourth-order valence-electron chi connectivity index (χ4n) is 2.16. The topological polar surface area (TPSA) is 24.5 Å². The average molecular weight is 254 g/mol. The summed E-state index contributed by atoms with van der Waals surface area (Å²) >= 11 is 0. The molecule has 0 bridgehead atoms. The fourth-order valence-corrected chi connectivity index (χ4v) is 2.16. The number of nitrogens with zero attached hydrogens (tertiary/aromatic N) is 1. The van der Waals surface area contributed by atoms with Crippen molar-refractivity contribution in [2.75, 3.05) is 39.3 Å². The molecule has 0 aromatic carbocycles. The molecule has 0 aromatic heterocycles. The van der Waals surface area contributed by atoms with Crippen molar-refractivity contribution in [2.24, 2.45) is 5.92 Å². The molecule has 0 radical (unpaired) electrons. The van der Waals surface area contributed by atoms with Gasteiger partial charge in [-0.05, 0) is 38.4 Å². The molecule has 6 heteroatoms. The van der Waals surface area contributed by atoms with Gasteiger partial charge in [0.1, 0.15) is 0 Å². The highest BCUT2D eigenvalue weighted by atomic mass is 19.4. The van der Waals surface area contributed by atoms with Crippen molar-refractivity contribution in [3.05, 3.63) is 0 Å². The van der Waals surface area contributed by atoms with Crippen LogP contribution in [0, 0.1) is 5.92 Å². The van der Waals surface area contributed by atoms with Crippen molar-refractivity contribution in [3.8, 4) is 0 Å². The molecule has 0 spiro atoms. The number of ether oxygens (including phenoxy) is 1. The van der Waals surface area contributed by atoms with Crippen LogP contribution in [0.2, 0.25) is 0 Å². The van der Waals surface area contributed by atoms with E-state index in [2.05, 4.69) is 21.9 Å². The molecule has 102 valence electrons. The Labute approximate surface area is 100 Å². The maximum atomic E-state index is 11.8. The Bertz CT molecular complexity index is 211. The number of piperidine rings is 1. The van der Waals surface area contributed by atoms with E-state index in [1.165, 1.54) is 0 Å². The first-order valence-corrected chi connectivity index (χ1v) is 6.15. The lowest BCUT2D eigenvalue weighted by atomic mass is 9.98. The van der Waals surface area contributed by atoms with Gasteiger partial charge in [0, 0.05) is 13.1 Å². The zero-order valence-electron chi connectivity index (χ0n) is 10.2. The second kappa shape index (κ2) is 7.18. The Hall–Kier alpha value is -0.330. The van der Waals surface area contributed by atoms with E-state index in [-0.39, 0.29) is 6.61 Å². The number of rotatable bonds is 6. The van der Waals surface area contributed by atoms with Crippen LogP contribution in [0.5, 0.6) is 0 Å². The monoisotopic (exact) mass is 254 g/mol. The highest BCUT2D eigenvalue weighted by Crippen LogP contribution is 2.18. The van der Waals surface area contributed by atoms with Gasteiger partial charge in [-0.3, -0.25) is 4.74 Å². The van der Waals surface area contributed by atoms with E-state index in [0.717, 1.165) is 39.0 Å². The summed E-state index contributed by atoms with van der Waals surface area (Å²) in [6, 6.07) is 0. The lowest BCUT2D eigenvalue weighted by molar-refractivity contribution is -0.325. The molecule has 1 aliphatic rings. The molecule has 1 atom stereocenters. The third-order valence-corrected chi connectivity index (χ3v) is 2.96. The number of halogens is 3. The largest absolute Gasteiger partial charge is 0.522 e. The third-order valence-electron chi connectivity index (χ3n) is 2.96. The number of hydrogen-bond donors (Lipinski definition) is 1. The zero-order chi connectivity index (χ0) is 12.7. The van der Waals surface area contributed by atoms with E-state index in [9.17, 15) is 13.2 Å². The van der Waals surface area contributed by atoms with Gasteiger partial charge in [-0.2, -0.15) is 0 Å². The van der Waals surface area contributed by atoms with E-state index in [4.69, 9.17) is 0 Å². The minimum absolute atomic E-state index is 0.266. The molecule has 1 heterocycles. The summed E-state index contributed by atoms with van der Waals surface area (Å²) < 4.78 is 39.2. The summed E-state index contributed by atoms with van der Waals surface area (Å²) in [6.07, 6.45) is -2.29. The number of nitrogens with one attached hydrogen (secondary N) is 1. The Balaban J connectivity index is 2.16. The van der Waals surface area contributed by atoms with Gasteiger partial charge in [0.2, 0.25) is 0 Å². The predicted molar refractivity (Wildman–Crippen MR) is 59.7 cm³/mol. The SMILES string of the molecule is CCNCC1CCCN(CCOC(F)(F)F)C1. The molecule has 1 saturated heterocycles. The minimum Gasteiger partial charge on any atom is -0.317 e. The smallest absolute Gasteiger partial charge is 0.317 e. The number of hydrogen-bond acceptors (Lipinski definition) is 3. The molecular weight excluding hydrogens is 233 g/mol. The van der Waals surface area contributed by atoms with Crippen molar-refractivity contribution >= 4 is 0 Å². The highest BCUT2D eigenvalue weighted by molar-refractivity contribution is 4.74. The van der Waals surface area contributed by atoms with E-state index >= 15 is 0 Å². The molecule has 0 aromatic rings. The summed E-state index contributed by atoms with van der Waals surface area (Å²) in [7, 11) is 0. The molecule has 0 amide bonds. The van der Waals surface area contributed by atoms with Crippen LogP contribution in [-0.2, 0) is 4.74 Å². The van der Waals surface area contributed by atoms with Gasteiger partial charge in [0.25, 0.3) is 0 Å². The van der Waals surface area contributed by atoms with E-state index in [1.807, 2.05) is 0 Å². The van der Waals surface area contributed by atoms with Gasteiger partial charge >= 0.3 is 6.36 Å². The second-order valence-corrected chi connectivity index (χ2v) is 4.41. The van der Waals surface area contributed by atoms with Crippen molar-refractivity contribution < 1.29 is 17.9 Å². The Morgan fingerprint density at radius 2 is 2.18 bits per heavy atom. The molecule has 1 unspecified atom stereocenters. The first kappa shape index (κ1) is 14.7. The van der Waals surface area contributed by atoms with Crippen molar-refractivity contribution in [1.82, 2.24) is 10.2 Å². The molecule has 1 rings (SSSR count). The first-order valence-electron chi connectivity index (χ1n) is 6.15. The molecule has 1 aliphatic heterocycles. The summed E-state index contributed by atoms with van der Waals surface area (Å²) in [5.74, 6) is 0.551. The van der Waals surface area contributed by atoms with Crippen LogP contribution in [-0.4, -0.2) is 50.6 Å². The second-order valence-electron chi connectivity index (χ2n) is 4.41. The Morgan fingerprint density at radius 3 is 2.82 bits per heavy atom. The fraction of sp³-hybridized carbons (Fsp3) is 1.00. The number of alkyl halides is 3. The predicted octanol–water partition coefficient (Wildman–Crippen LogP) is 1.84. The van der Waals surface area contributed by atoms with Crippen molar-refractivity contribution in [1.29, 1.82) is 0 Å². The zero-order valence-corrected chi connectivity index (χ0v) is 10.2. The molecule has 17 heavy (non-hydrogen) atoms. The van der Waals surface area contributed by atoms with Crippen molar-refractivity contribution in [2.45, 2.75) is 26.1 Å². The minimum atomic E-state index is -4.50. The van der Waals surface area contributed by atoms with Crippen LogP contribution in [0.3, 0.4) is 0 Å². The summed E-state index contributed by atoms with van der Waals surface area (Å²) in [5.41, 5.74) is 0. The van der Waals surface area contributed by atoms with Crippen LogP contribution < -0.4 is 5.32 Å². The van der Waals surface area contributed by atoms with Gasteiger partial charge in [-0.15, -0.1) is 13.2 Å². The van der Waals surface area contributed by atoms with Crippen LogP contribution in [0.25, 0.3) is 0 Å². The summed E-state index contributed by atoms with van der Waals surface area (Å²) in [5, 5.41) is 3.28. The van der Waals surface area contributed by atoms with E-state index in [0.29, 0.717) is 12.5 Å².